The number of aryl methyl sites for hydroxylation is 1. The maximum absolute atomic E-state index is 11.6. The zero-order valence-corrected chi connectivity index (χ0v) is 13.9. The standard InChI is InChI=1S/C18H17N3O4/c1-3-4-13-21-17-12(25-13)6-5-10-15(17)14-9(8-24-2)16(18(22)23)19-7-11(14)20-10/h5-7,20H,3-4,8H2,1-2H3,(H,22,23). The second-order valence-corrected chi connectivity index (χ2v) is 5.93. The van der Waals surface area contributed by atoms with Crippen molar-refractivity contribution in [3.05, 3.63) is 35.5 Å². The second-order valence-electron chi connectivity index (χ2n) is 5.93. The first-order valence-electron chi connectivity index (χ1n) is 8.08. The fourth-order valence-electron chi connectivity index (χ4n) is 3.26. The number of nitrogens with zero attached hydrogens (tertiary/aromatic N) is 2. The van der Waals surface area contributed by atoms with Crippen LogP contribution in [0.2, 0.25) is 0 Å². The van der Waals surface area contributed by atoms with Gasteiger partial charge in [-0.25, -0.2) is 14.8 Å². The van der Waals surface area contributed by atoms with E-state index in [1.54, 1.807) is 0 Å². The highest BCUT2D eigenvalue weighted by atomic mass is 16.5. The van der Waals surface area contributed by atoms with Gasteiger partial charge in [-0.1, -0.05) is 6.92 Å². The topological polar surface area (TPSA) is 101 Å². The Morgan fingerprint density at radius 1 is 1.32 bits per heavy atom. The molecule has 128 valence electrons. The zero-order chi connectivity index (χ0) is 17.6. The number of aromatic nitrogens is 3. The predicted octanol–water partition coefficient (Wildman–Crippen LogP) is 3.65. The number of aromatic amines is 1. The van der Waals surface area contributed by atoms with Gasteiger partial charge in [0.15, 0.2) is 17.2 Å². The predicted molar refractivity (Wildman–Crippen MR) is 92.8 cm³/mol. The highest BCUT2D eigenvalue weighted by Gasteiger charge is 2.21. The molecule has 4 aromatic rings. The van der Waals surface area contributed by atoms with Crippen molar-refractivity contribution in [1.82, 2.24) is 15.0 Å². The van der Waals surface area contributed by atoms with E-state index in [0.717, 1.165) is 40.2 Å². The molecule has 2 N–H and O–H groups in total. The molecule has 7 nitrogen and oxygen atoms in total. The fraction of sp³-hybridized carbons (Fsp3) is 0.278. The van der Waals surface area contributed by atoms with Crippen LogP contribution in [-0.4, -0.2) is 33.1 Å². The van der Waals surface area contributed by atoms with Crippen LogP contribution in [0.25, 0.3) is 32.9 Å². The van der Waals surface area contributed by atoms with Crippen LogP contribution in [0.4, 0.5) is 0 Å². The van der Waals surface area contributed by atoms with Gasteiger partial charge in [-0.3, -0.25) is 0 Å². The minimum absolute atomic E-state index is 0.00969. The molecular formula is C18H17N3O4. The van der Waals surface area contributed by atoms with E-state index in [9.17, 15) is 9.90 Å². The number of methoxy groups -OCH3 is 1. The maximum Gasteiger partial charge on any atom is 0.354 e. The summed E-state index contributed by atoms with van der Waals surface area (Å²) in [5.41, 5.74) is 3.55. The van der Waals surface area contributed by atoms with Crippen LogP contribution in [-0.2, 0) is 17.8 Å². The summed E-state index contributed by atoms with van der Waals surface area (Å²) >= 11 is 0. The van der Waals surface area contributed by atoms with Gasteiger partial charge < -0.3 is 19.2 Å². The van der Waals surface area contributed by atoms with Crippen molar-refractivity contribution < 1.29 is 19.1 Å². The minimum atomic E-state index is -1.08. The fourth-order valence-corrected chi connectivity index (χ4v) is 3.26. The van der Waals surface area contributed by atoms with E-state index in [1.165, 1.54) is 13.3 Å². The number of benzene rings is 1. The van der Waals surface area contributed by atoms with Gasteiger partial charge in [0, 0.05) is 35.4 Å². The molecular weight excluding hydrogens is 322 g/mol. The third-order valence-electron chi connectivity index (χ3n) is 4.26. The van der Waals surface area contributed by atoms with E-state index in [4.69, 9.17) is 9.15 Å². The first kappa shape index (κ1) is 15.6. The molecule has 0 aliphatic heterocycles. The smallest absolute Gasteiger partial charge is 0.354 e. The van der Waals surface area contributed by atoms with Gasteiger partial charge in [-0.2, -0.15) is 0 Å². The lowest BCUT2D eigenvalue weighted by atomic mass is 10.0. The van der Waals surface area contributed by atoms with Gasteiger partial charge in [-0.15, -0.1) is 0 Å². The lowest BCUT2D eigenvalue weighted by Crippen LogP contribution is -2.07. The van der Waals surface area contributed by atoms with E-state index in [0.29, 0.717) is 17.0 Å². The van der Waals surface area contributed by atoms with Crippen molar-refractivity contribution in [2.75, 3.05) is 7.11 Å². The molecule has 0 aliphatic rings. The van der Waals surface area contributed by atoms with E-state index in [2.05, 4.69) is 21.9 Å². The summed E-state index contributed by atoms with van der Waals surface area (Å²) in [7, 11) is 1.53. The number of H-pyrrole nitrogens is 1. The van der Waals surface area contributed by atoms with E-state index in [1.807, 2.05) is 12.1 Å². The summed E-state index contributed by atoms with van der Waals surface area (Å²) in [6.45, 7) is 2.21. The quantitative estimate of drug-likeness (QED) is 0.575. The first-order chi connectivity index (χ1) is 12.1. The number of carboxylic acids is 1. The molecule has 0 saturated heterocycles. The number of carboxylic acid groups (broad SMARTS) is 1. The molecule has 4 rings (SSSR count). The largest absolute Gasteiger partial charge is 0.477 e. The van der Waals surface area contributed by atoms with Crippen LogP contribution in [0, 0.1) is 0 Å². The summed E-state index contributed by atoms with van der Waals surface area (Å²) in [4.78, 5) is 23.6. The molecule has 0 atom stereocenters. The van der Waals surface area contributed by atoms with Crippen LogP contribution in [0.5, 0.6) is 0 Å². The number of nitrogens with one attached hydrogen (secondary N) is 1. The van der Waals surface area contributed by atoms with Crippen LogP contribution in [0.15, 0.2) is 22.7 Å². The Morgan fingerprint density at radius 3 is 2.88 bits per heavy atom. The minimum Gasteiger partial charge on any atom is -0.477 e. The highest BCUT2D eigenvalue weighted by Crippen LogP contribution is 2.35. The number of rotatable bonds is 5. The third-order valence-corrected chi connectivity index (χ3v) is 4.26. The number of hydrogen-bond donors (Lipinski definition) is 2. The number of carbonyl (C=O) groups is 1. The zero-order valence-electron chi connectivity index (χ0n) is 13.9. The van der Waals surface area contributed by atoms with Crippen LogP contribution < -0.4 is 0 Å². The van der Waals surface area contributed by atoms with E-state index >= 15 is 0 Å². The molecule has 7 heteroatoms. The highest BCUT2D eigenvalue weighted by molar-refractivity contribution is 6.20. The number of hydrogen-bond acceptors (Lipinski definition) is 5. The van der Waals surface area contributed by atoms with Gasteiger partial charge in [0.2, 0.25) is 0 Å². The lowest BCUT2D eigenvalue weighted by molar-refractivity contribution is 0.0685. The van der Waals surface area contributed by atoms with Crippen LogP contribution >= 0.6 is 0 Å². The van der Waals surface area contributed by atoms with Gasteiger partial charge in [0.25, 0.3) is 0 Å². The van der Waals surface area contributed by atoms with Gasteiger partial charge in [0.05, 0.1) is 18.3 Å². The first-order valence-corrected chi connectivity index (χ1v) is 8.08. The van der Waals surface area contributed by atoms with Crippen LogP contribution in [0.3, 0.4) is 0 Å². The summed E-state index contributed by atoms with van der Waals surface area (Å²) in [6, 6.07) is 3.79. The molecule has 0 bridgehead atoms. The number of fused-ring (bicyclic) bond motifs is 5. The van der Waals surface area contributed by atoms with Crippen LogP contribution in [0.1, 0.15) is 35.3 Å². The molecule has 3 aromatic heterocycles. The Kier molecular flexibility index (Phi) is 3.65. The van der Waals surface area contributed by atoms with Gasteiger partial charge >= 0.3 is 5.97 Å². The van der Waals surface area contributed by atoms with Gasteiger partial charge in [-0.05, 0) is 18.6 Å². The van der Waals surface area contributed by atoms with Crippen molar-refractivity contribution in [2.45, 2.75) is 26.4 Å². The Bertz CT molecular complexity index is 1110. The molecule has 0 amide bonds. The summed E-state index contributed by atoms with van der Waals surface area (Å²) in [6.07, 6.45) is 3.23. The molecule has 0 spiro atoms. The maximum atomic E-state index is 11.6. The monoisotopic (exact) mass is 339 g/mol. The number of aromatic carboxylic acids is 1. The SMILES string of the molecule is CCCc1nc2c(ccc3[nH]c4cnc(C(=O)O)c(COC)c4c32)o1. The molecule has 25 heavy (non-hydrogen) atoms. The Balaban J connectivity index is 2.15. The van der Waals surface area contributed by atoms with Crippen molar-refractivity contribution >= 4 is 38.9 Å². The van der Waals surface area contributed by atoms with E-state index in [-0.39, 0.29) is 12.3 Å². The Morgan fingerprint density at radius 2 is 2.16 bits per heavy atom. The summed E-state index contributed by atoms with van der Waals surface area (Å²) in [5, 5.41) is 11.1. The van der Waals surface area contributed by atoms with E-state index < -0.39 is 5.97 Å². The molecule has 0 fully saturated rings. The molecule has 0 aliphatic carbocycles. The second kappa shape index (κ2) is 5.86. The normalized spacial score (nSPS) is 11.8. The van der Waals surface area contributed by atoms with Crippen molar-refractivity contribution in [3.63, 3.8) is 0 Å². The number of ether oxygens (including phenoxy) is 1. The van der Waals surface area contributed by atoms with Crippen molar-refractivity contribution in [2.24, 2.45) is 0 Å². The van der Waals surface area contributed by atoms with Gasteiger partial charge in [0.1, 0.15) is 5.52 Å². The third kappa shape index (κ3) is 2.35. The number of oxazole rings is 1. The molecule has 3 heterocycles. The number of pyridine rings is 1. The molecule has 1 aromatic carbocycles. The molecule has 0 saturated carbocycles. The average molecular weight is 339 g/mol. The van der Waals surface area contributed by atoms with Crippen molar-refractivity contribution in [3.8, 4) is 0 Å². The average Bonchev–Trinajstić information content (AvgIpc) is 3.15. The lowest BCUT2D eigenvalue weighted by Gasteiger charge is -2.06. The Labute approximate surface area is 142 Å². The molecule has 0 unspecified atom stereocenters. The Hall–Kier alpha value is -2.93. The summed E-state index contributed by atoms with van der Waals surface area (Å²) < 4.78 is 11.1. The van der Waals surface area contributed by atoms with Crippen molar-refractivity contribution in [1.29, 1.82) is 0 Å². The molecule has 0 radical (unpaired) electrons. The summed E-state index contributed by atoms with van der Waals surface area (Å²) in [5.74, 6) is -0.401.